The molecule has 1 amide bonds. The number of amides is 1. The Labute approximate surface area is 241 Å². The predicted octanol–water partition coefficient (Wildman–Crippen LogP) is 6.58. The second-order valence-electron chi connectivity index (χ2n) is 9.56. The smallest absolute Gasteiger partial charge is 0.248 e. The average molecular weight is 580 g/mol. The minimum Gasteiger partial charge on any atom is -0.493 e. The number of carbonyl (C=O) groups excluding carboxylic acids is 1. The van der Waals surface area contributed by atoms with Crippen molar-refractivity contribution in [2.45, 2.75) is 18.9 Å². The van der Waals surface area contributed by atoms with Crippen LogP contribution in [0.25, 0.3) is 22.0 Å². The Morgan fingerprint density at radius 2 is 1.85 bits per heavy atom. The molecule has 1 aromatic heterocycles. The van der Waals surface area contributed by atoms with Crippen LogP contribution < -0.4 is 20.1 Å². The van der Waals surface area contributed by atoms with Gasteiger partial charge in [0, 0.05) is 23.4 Å². The zero-order chi connectivity index (χ0) is 29.1. The molecule has 3 aromatic carbocycles. The van der Waals surface area contributed by atoms with Crippen molar-refractivity contribution in [3.8, 4) is 22.6 Å². The van der Waals surface area contributed by atoms with E-state index in [2.05, 4.69) is 25.5 Å². The van der Waals surface area contributed by atoms with E-state index in [0.29, 0.717) is 39.2 Å². The van der Waals surface area contributed by atoms with Crippen molar-refractivity contribution in [2.24, 2.45) is 0 Å². The largest absolute Gasteiger partial charge is 0.493 e. The molecular formula is C30H28ClF2N5O3. The Morgan fingerprint density at radius 3 is 2.59 bits per heavy atom. The molecule has 0 bridgehead atoms. The lowest BCUT2D eigenvalue weighted by atomic mass is 9.97. The molecule has 8 nitrogen and oxygen atoms in total. The van der Waals surface area contributed by atoms with Crippen LogP contribution in [0.15, 0.2) is 60.9 Å². The summed E-state index contributed by atoms with van der Waals surface area (Å²) >= 11 is 5.82. The number of methoxy groups -OCH3 is 2. The zero-order valence-corrected chi connectivity index (χ0v) is 23.4. The van der Waals surface area contributed by atoms with E-state index < -0.39 is 16.7 Å². The quantitative estimate of drug-likeness (QED) is 0.180. The fourth-order valence-corrected chi connectivity index (χ4v) is 5.11. The molecule has 1 aliphatic rings. The van der Waals surface area contributed by atoms with Crippen LogP contribution in [-0.2, 0) is 4.79 Å². The SMILES string of the molecule is COc1ccc(-c2c(NC(=O)/C=C/[C@H]3CCCN3C)ccc3ncnc(Nc4ccc(F)c(Cl)c4F)c23)cc1OC. The molecule has 1 saturated heterocycles. The summed E-state index contributed by atoms with van der Waals surface area (Å²) in [6.45, 7) is 0.986. The van der Waals surface area contributed by atoms with E-state index in [1.165, 1.54) is 32.7 Å². The van der Waals surface area contributed by atoms with Gasteiger partial charge in [0.2, 0.25) is 5.91 Å². The third kappa shape index (κ3) is 5.79. The number of rotatable bonds is 8. The minimum atomic E-state index is -0.961. The molecule has 212 valence electrons. The highest BCUT2D eigenvalue weighted by atomic mass is 35.5. The van der Waals surface area contributed by atoms with E-state index in [-0.39, 0.29) is 23.5 Å². The maximum absolute atomic E-state index is 14.9. The van der Waals surface area contributed by atoms with Crippen molar-refractivity contribution in [2.75, 3.05) is 38.4 Å². The number of fused-ring (bicyclic) bond motifs is 1. The number of hydrogen-bond donors (Lipinski definition) is 2. The van der Waals surface area contributed by atoms with Crippen LogP contribution in [-0.4, -0.2) is 54.6 Å². The number of anilines is 3. The highest BCUT2D eigenvalue weighted by Crippen LogP contribution is 2.42. The first-order chi connectivity index (χ1) is 19.8. The Kier molecular flexibility index (Phi) is 8.32. The Bertz CT molecular complexity index is 1650. The van der Waals surface area contributed by atoms with Crippen molar-refractivity contribution >= 4 is 45.6 Å². The first kappa shape index (κ1) is 28.3. The number of nitrogens with one attached hydrogen (secondary N) is 2. The van der Waals surface area contributed by atoms with Gasteiger partial charge in [-0.2, -0.15) is 0 Å². The number of hydrogen-bond acceptors (Lipinski definition) is 7. The summed E-state index contributed by atoms with van der Waals surface area (Å²) in [5.74, 6) is -0.947. The zero-order valence-electron chi connectivity index (χ0n) is 22.7. The first-order valence-corrected chi connectivity index (χ1v) is 13.3. The summed E-state index contributed by atoms with van der Waals surface area (Å²) in [6.07, 6.45) is 6.83. The molecule has 2 heterocycles. The number of carbonyl (C=O) groups is 1. The fraction of sp³-hybridized carbons (Fsp3) is 0.233. The normalized spacial score (nSPS) is 15.4. The summed E-state index contributed by atoms with van der Waals surface area (Å²) in [6, 6.07) is 11.3. The van der Waals surface area contributed by atoms with Crippen LogP contribution in [0.2, 0.25) is 5.02 Å². The van der Waals surface area contributed by atoms with E-state index in [1.54, 1.807) is 30.3 Å². The van der Waals surface area contributed by atoms with E-state index in [4.69, 9.17) is 21.1 Å². The molecule has 0 spiro atoms. The lowest BCUT2D eigenvalue weighted by molar-refractivity contribution is -0.111. The molecule has 4 aromatic rings. The number of likely N-dealkylation sites (tertiary alicyclic amines) is 1. The van der Waals surface area contributed by atoms with Gasteiger partial charge in [0.1, 0.15) is 23.0 Å². The highest BCUT2D eigenvalue weighted by Gasteiger charge is 2.21. The number of aromatic nitrogens is 2. The molecule has 1 fully saturated rings. The summed E-state index contributed by atoms with van der Waals surface area (Å²) in [5, 5.41) is 5.75. The third-order valence-electron chi connectivity index (χ3n) is 7.07. The Hall–Kier alpha value is -4.28. The van der Waals surface area contributed by atoms with Gasteiger partial charge in [-0.25, -0.2) is 18.7 Å². The maximum Gasteiger partial charge on any atom is 0.248 e. The van der Waals surface area contributed by atoms with Gasteiger partial charge >= 0.3 is 0 Å². The van der Waals surface area contributed by atoms with Gasteiger partial charge in [-0.05, 0) is 68.4 Å². The maximum atomic E-state index is 14.9. The van der Waals surface area contributed by atoms with Crippen LogP contribution in [0.4, 0.5) is 26.0 Å². The minimum absolute atomic E-state index is 0.0762. The molecule has 5 rings (SSSR count). The van der Waals surface area contributed by atoms with Crippen molar-refractivity contribution in [3.05, 3.63) is 77.6 Å². The second-order valence-corrected chi connectivity index (χ2v) is 9.94. The van der Waals surface area contributed by atoms with Crippen LogP contribution in [0.3, 0.4) is 0 Å². The molecule has 2 N–H and O–H groups in total. The van der Waals surface area contributed by atoms with Gasteiger partial charge in [0.15, 0.2) is 17.3 Å². The summed E-state index contributed by atoms with van der Waals surface area (Å²) in [5.41, 5.74) is 2.11. The van der Waals surface area contributed by atoms with Crippen LogP contribution in [0, 0.1) is 11.6 Å². The van der Waals surface area contributed by atoms with Crippen molar-refractivity contribution < 1.29 is 23.0 Å². The molecule has 11 heteroatoms. The number of halogens is 3. The summed E-state index contributed by atoms with van der Waals surface area (Å²) in [7, 11) is 5.09. The molecule has 0 unspecified atom stereocenters. The van der Waals surface area contributed by atoms with E-state index in [9.17, 15) is 13.6 Å². The lowest BCUT2D eigenvalue weighted by Gasteiger charge is -2.18. The molecule has 0 aliphatic carbocycles. The number of likely N-dealkylation sites (N-methyl/N-ethyl adjacent to an activating group) is 1. The molecule has 41 heavy (non-hydrogen) atoms. The Morgan fingerprint density at radius 1 is 1.07 bits per heavy atom. The van der Waals surface area contributed by atoms with Crippen molar-refractivity contribution in [1.29, 1.82) is 0 Å². The van der Waals surface area contributed by atoms with Crippen molar-refractivity contribution in [1.82, 2.24) is 14.9 Å². The lowest BCUT2D eigenvalue weighted by Crippen LogP contribution is -2.23. The molecule has 1 aliphatic heterocycles. The standard InChI is InChI=1S/C30H28ClF2N5O3/c1-38-14-4-5-18(38)7-13-25(39)36-21-11-10-20-27(26(21)17-6-12-23(40-2)24(15-17)41-3)30(35-16-34-20)37-22-9-8-19(32)28(31)29(22)33/h6-13,15-16,18H,4-5,14H2,1-3H3,(H,36,39)(H,34,35,37)/b13-7+/t18-/m1/s1. The summed E-state index contributed by atoms with van der Waals surface area (Å²) in [4.78, 5) is 24.1. The van der Waals surface area contributed by atoms with Crippen LogP contribution in [0.5, 0.6) is 11.5 Å². The number of ether oxygens (including phenoxy) is 2. The van der Waals surface area contributed by atoms with Crippen LogP contribution in [0.1, 0.15) is 12.8 Å². The molecule has 1 atom stereocenters. The highest BCUT2D eigenvalue weighted by molar-refractivity contribution is 6.31. The molecular weight excluding hydrogens is 552 g/mol. The van der Waals surface area contributed by atoms with Gasteiger partial charge in [-0.1, -0.05) is 23.7 Å². The summed E-state index contributed by atoms with van der Waals surface area (Å²) < 4.78 is 39.6. The predicted molar refractivity (Wildman–Crippen MR) is 156 cm³/mol. The van der Waals surface area contributed by atoms with Gasteiger partial charge in [-0.15, -0.1) is 0 Å². The van der Waals surface area contributed by atoms with Crippen LogP contribution >= 0.6 is 11.6 Å². The second kappa shape index (κ2) is 12.1. The van der Waals surface area contributed by atoms with Gasteiger partial charge in [0.05, 0.1) is 30.8 Å². The Balaban J connectivity index is 1.65. The van der Waals surface area contributed by atoms with Gasteiger partial charge < -0.3 is 20.1 Å². The topological polar surface area (TPSA) is 88.6 Å². The molecule has 0 saturated carbocycles. The number of benzene rings is 3. The van der Waals surface area contributed by atoms with Gasteiger partial charge in [0.25, 0.3) is 0 Å². The van der Waals surface area contributed by atoms with Crippen molar-refractivity contribution in [3.63, 3.8) is 0 Å². The number of nitrogens with zero attached hydrogens (tertiary/aromatic N) is 3. The van der Waals surface area contributed by atoms with Gasteiger partial charge in [-0.3, -0.25) is 9.69 Å². The molecule has 0 radical (unpaired) electrons. The first-order valence-electron chi connectivity index (χ1n) is 12.9. The third-order valence-corrected chi connectivity index (χ3v) is 7.42. The van der Waals surface area contributed by atoms with E-state index >= 15 is 0 Å². The van der Waals surface area contributed by atoms with E-state index in [0.717, 1.165) is 25.5 Å². The average Bonchev–Trinajstić information content (AvgIpc) is 3.40. The fourth-order valence-electron chi connectivity index (χ4n) is 4.94. The monoisotopic (exact) mass is 579 g/mol. The van der Waals surface area contributed by atoms with E-state index in [1.807, 2.05) is 13.1 Å².